The van der Waals surface area contributed by atoms with Gasteiger partial charge in [-0.15, -0.1) is 0 Å². The third kappa shape index (κ3) is 5.36. The lowest BCUT2D eigenvalue weighted by molar-refractivity contribution is 0.0730. The van der Waals surface area contributed by atoms with E-state index >= 15 is 0 Å². The Kier molecular flexibility index (Phi) is 6.71. The van der Waals surface area contributed by atoms with Crippen molar-refractivity contribution in [2.75, 3.05) is 31.0 Å². The fraction of sp³-hybridized carbons (Fsp3) is 0.217. The van der Waals surface area contributed by atoms with Crippen LogP contribution in [0.1, 0.15) is 5.56 Å². The molecule has 0 saturated carbocycles. The van der Waals surface area contributed by atoms with Crippen molar-refractivity contribution in [2.45, 2.75) is 16.7 Å². The SMILES string of the molecule is Cc1ccc(Oc2ccccc2NS(=O)(=O)c2ccc(S(=O)(=O)N3CCOCC3)cc2)cc1. The molecule has 0 atom stereocenters. The van der Waals surface area contributed by atoms with Gasteiger partial charge in [0.1, 0.15) is 5.75 Å². The summed E-state index contributed by atoms with van der Waals surface area (Å²) in [5, 5.41) is 0. The van der Waals surface area contributed by atoms with Gasteiger partial charge in [-0.05, 0) is 55.5 Å². The molecule has 3 aromatic carbocycles. The minimum absolute atomic E-state index is 0.0338. The zero-order valence-corrected chi connectivity index (χ0v) is 19.6. The van der Waals surface area contributed by atoms with Crippen molar-refractivity contribution < 1.29 is 26.3 Å². The van der Waals surface area contributed by atoms with Gasteiger partial charge in [0.05, 0.1) is 28.7 Å². The maximum Gasteiger partial charge on any atom is 0.262 e. The molecular formula is C23H24N2O6S2. The molecule has 174 valence electrons. The summed E-state index contributed by atoms with van der Waals surface area (Å²) < 4.78 is 66.4. The summed E-state index contributed by atoms with van der Waals surface area (Å²) in [6.07, 6.45) is 0. The number of nitrogens with zero attached hydrogens (tertiary/aromatic N) is 1. The molecule has 0 amide bonds. The van der Waals surface area contributed by atoms with Gasteiger partial charge >= 0.3 is 0 Å². The highest BCUT2D eigenvalue weighted by Crippen LogP contribution is 2.31. The van der Waals surface area contributed by atoms with E-state index in [1.165, 1.54) is 28.6 Å². The Morgan fingerprint density at radius 1 is 0.818 bits per heavy atom. The van der Waals surface area contributed by atoms with Gasteiger partial charge < -0.3 is 9.47 Å². The third-order valence-corrected chi connectivity index (χ3v) is 8.42. The Morgan fingerprint density at radius 3 is 2.09 bits per heavy atom. The first-order valence-corrected chi connectivity index (χ1v) is 13.2. The predicted molar refractivity (Wildman–Crippen MR) is 125 cm³/mol. The molecule has 1 heterocycles. The smallest absolute Gasteiger partial charge is 0.262 e. The summed E-state index contributed by atoms with van der Waals surface area (Å²) in [4.78, 5) is -0.0278. The highest BCUT2D eigenvalue weighted by molar-refractivity contribution is 7.92. The number of aryl methyl sites for hydroxylation is 1. The Balaban J connectivity index is 1.54. The molecule has 0 aromatic heterocycles. The van der Waals surface area contributed by atoms with Gasteiger partial charge in [0, 0.05) is 13.1 Å². The lowest BCUT2D eigenvalue weighted by Crippen LogP contribution is -2.40. The van der Waals surface area contributed by atoms with Crippen LogP contribution in [0.3, 0.4) is 0 Å². The Morgan fingerprint density at radius 2 is 1.42 bits per heavy atom. The van der Waals surface area contributed by atoms with E-state index in [9.17, 15) is 16.8 Å². The highest BCUT2D eigenvalue weighted by atomic mass is 32.2. The first-order chi connectivity index (χ1) is 15.8. The minimum atomic E-state index is -3.98. The molecule has 0 bridgehead atoms. The molecule has 10 heteroatoms. The monoisotopic (exact) mass is 488 g/mol. The second-order valence-electron chi connectivity index (χ2n) is 7.50. The van der Waals surface area contributed by atoms with Crippen molar-refractivity contribution in [3.63, 3.8) is 0 Å². The summed E-state index contributed by atoms with van der Waals surface area (Å²) in [5.74, 6) is 0.918. The maximum atomic E-state index is 13.0. The number of hydrogen-bond acceptors (Lipinski definition) is 6. The molecule has 0 spiro atoms. The fourth-order valence-corrected chi connectivity index (χ4v) is 5.78. The molecule has 1 saturated heterocycles. The second kappa shape index (κ2) is 9.52. The van der Waals surface area contributed by atoms with E-state index in [1.54, 1.807) is 36.4 Å². The zero-order valence-electron chi connectivity index (χ0n) is 18.0. The van der Waals surface area contributed by atoms with Crippen LogP contribution >= 0.6 is 0 Å². The predicted octanol–water partition coefficient (Wildman–Crippen LogP) is 3.61. The van der Waals surface area contributed by atoms with Crippen LogP contribution in [0.25, 0.3) is 0 Å². The van der Waals surface area contributed by atoms with Crippen LogP contribution in [0, 0.1) is 6.92 Å². The molecule has 1 aliphatic rings. The number of benzene rings is 3. The summed E-state index contributed by atoms with van der Waals surface area (Å²) >= 11 is 0. The fourth-order valence-electron chi connectivity index (χ4n) is 3.30. The number of hydrogen-bond donors (Lipinski definition) is 1. The minimum Gasteiger partial charge on any atom is -0.455 e. The van der Waals surface area contributed by atoms with Gasteiger partial charge in [0.15, 0.2) is 5.75 Å². The number of sulfonamides is 2. The number of rotatable bonds is 7. The van der Waals surface area contributed by atoms with Crippen molar-refractivity contribution in [2.24, 2.45) is 0 Å². The summed E-state index contributed by atoms with van der Waals surface area (Å²) in [7, 11) is -7.69. The van der Waals surface area contributed by atoms with Gasteiger partial charge in [0.25, 0.3) is 10.0 Å². The molecule has 4 rings (SSSR count). The molecule has 0 radical (unpaired) electrons. The zero-order chi connectivity index (χ0) is 23.5. The van der Waals surface area contributed by atoms with Crippen LogP contribution in [0.5, 0.6) is 11.5 Å². The van der Waals surface area contributed by atoms with E-state index < -0.39 is 20.0 Å². The Hall–Kier alpha value is -2.92. The number of morpholine rings is 1. The second-order valence-corrected chi connectivity index (χ2v) is 11.1. The van der Waals surface area contributed by atoms with Gasteiger partial charge in [-0.2, -0.15) is 4.31 Å². The molecular weight excluding hydrogens is 464 g/mol. The van der Waals surface area contributed by atoms with Crippen molar-refractivity contribution in [3.05, 3.63) is 78.4 Å². The molecule has 33 heavy (non-hydrogen) atoms. The summed E-state index contributed by atoms with van der Waals surface area (Å²) in [6.45, 7) is 3.16. The van der Waals surface area contributed by atoms with Crippen molar-refractivity contribution in [3.8, 4) is 11.5 Å². The van der Waals surface area contributed by atoms with Crippen LogP contribution in [-0.2, 0) is 24.8 Å². The molecule has 8 nitrogen and oxygen atoms in total. The van der Waals surface area contributed by atoms with Gasteiger partial charge in [-0.1, -0.05) is 29.8 Å². The Labute approximate surface area is 193 Å². The van der Waals surface area contributed by atoms with Crippen molar-refractivity contribution >= 4 is 25.7 Å². The first kappa shape index (κ1) is 23.2. The van der Waals surface area contributed by atoms with Gasteiger partial charge in [-0.25, -0.2) is 16.8 Å². The van der Waals surface area contributed by atoms with E-state index in [1.807, 2.05) is 19.1 Å². The highest BCUT2D eigenvalue weighted by Gasteiger charge is 2.27. The van der Waals surface area contributed by atoms with Gasteiger partial charge in [-0.3, -0.25) is 4.72 Å². The first-order valence-electron chi connectivity index (χ1n) is 10.3. The molecule has 1 aliphatic heterocycles. The van der Waals surface area contributed by atoms with Crippen LogP contribution in [0.2, 0.25) is 0 Å². The Bertz CT molecular complexity index is 1320. The molecule has 0 unspecified atom stereocenters. The van der Waals surface area contributed by atoms with Crippen LogP contribution in [0.15, 0.2) is 82.6 Å². The van der Waals surface area contributed by atoms with Gasteiger partial charge in [0.2, 0.25) is 10.0 Å². The molecule has 1 N–H and O–H groups in total. The maximum absolute atomic E-state index is 13.0. The van der Waals surface area contributed by atoms with Crippen LogP contribution < -0.4 is 9.46 Å². The van der Waals surface area contributed by atoms with Crippen LogP contribution in [0.4, 0.5) is 5.69 Å². The quantitative estimate of drug-likeness (QED) is 0.545. The topological polar surface area (TPSA) is 102 Å². The average molecular weight is 489 g/mol. The lowest BCUT2D eigenvalue weighted by atomic mass is 10.2. The standard InChI is InChI=1S/C23H24N2O6S2/c1-18-6-8-19(9-7-18)31-23-5-3-2-4-22(23)24-32(26,27)20-10-12-21(13-11-20)33(28,29)25-14-16-30-17-15-25/h2-13,24H,14-17H2,1H3. The molecule has 0 aliphatic carbocycles. The number of para-hydroxylation sites is 2. The van der Waals surface area contributed by atoms with E-state index in [2.05, 4.69) is 4.72 Å². The molecule has 3 aromatic rings. The van der Waals surface area contributed by atoms with Crippen molar-refractivity contribution in [1.82, 2.24) is 4.31 Å². The largest absolute Gasteiger partial charge is 0.455 e. The van der Waals surface area contributed by atoms with E-state index in [0.717, 1.165) is 5.56 Å². The summed E-state index contributed by atoms with van der Waals surface area (Å²) in [6, 6.07) is 19.2. The van der Waals surface area contributed by atoms with Crippen LogP contribution in [-0.4, -0.2) is 47.4 Å². The van der Waals surface area contributed by atoms with E-state index in [4.69, 9.17) is 9.47 Å². The summed E-state index contributed by atoms with van der Waals surface area (Å²) in [5.41, 5.74) is 1.35. The number of nitrogens with one attached hydrogen (secondary N) is 1. The normalized spacial score (nSPS) is 15.2. The lowest BCUT2D eigenvalue weighted by Gasteiger charge is -2.26. The third-order valence-electron chi connectivity index (χ3n) is 5.12. The van der Waals surface area contributed by atoms with E-state index in [-0.39, 0.29) is 28.6 Å². The number of anilines is 1. The van der Waals surface area contributed by atoms with Crippen molar-refractivity contribution in [1.29, 1.82) is 0 Å². The number of ether oxygens (including phenoxy) is 2. The molecule has 1 fully saturated rings. The average Bonchev–Trinajstić information content (AvgIpc) is 2.82. The van der Waals surface area contributed by atoms with E-state index in [0.29, 0.717) is 24.7 Å².